The number of ether oxygens (including phenoxy) is 1. The lowest BCUT2D eigenvalue weighted by Gasteiger charge is -2.28. The van der Waals surface area contributed by atoms with Gasteiger partial charge < -0.3 is 4.74 Å². The molecule has 1 saturated heterocycles. The SMILES string of the molecule is CCC1CO[C@@](CC)(c2ccc(F)cc2F)C1. The topological polar surface area (TPSA) is 9.23 Å². The highest BCUT2D eigenvalue weighted by Crippen LogP contribution is 2.43. The standard InChI is InChI=1S/C14H18F2O/c1-3-10-8-14(4-2,17-9-10)12-6-5-11(15)7-13(12)16/h5-7,10H,3-4,8-9H2,1-2H3/t10?,14-/m1/s1. The number of rotatable bonds is 3. The molecule has 1 aromatic carbocycles. The van der Waals surface area contributed by atoms with Gasteiger partial charge in [-0.3, -0.25) is 0 Å². The van der Waals surface area contributed by atoms with E-state index in [9.17, 15) is 8.78 Å². The Morgan fingerprint density at radius 2 is 2.12 bits per heavy atom. The van der Waals surface area contributed by atoms with E-state index >= 15 is 0 Å². The molecule has 0 aromatic heterocycles. The Morgan fingerprint density at radius 3 is 2.65 bits per heavy atom. The molecule has 1 aromatic rings. The molecule has 0 amide bonds. The smallest absolute Gasteiger partial charge is 0.132 e. The van der Waals surface area contributed by atoms with Gasteiger partial charge in [-0.05, 0) is 24.8 Å². The van der Waals surface area contributed by atoms with Gasteiger partial charge in [0.15, 0.2) is 0 Å². The van der Waals surface area contributed by atoms with E-state index < -0.39 is 17.2 Å². The lowest BCUT2D eigenvalue weighted by molar-refractivity contribution is -0.00682. The van der Waals surface area contributed by atoms with Crippen LogP contribution in [0.3, 0.4) is 0 Å². The average molecular weight is 240 g/mol. The maximum Gasteiger partial charge on any atom is 0.132 e. The Morgan fingerprint density at radius 1 is 1.35 bits per heavy atom. The first-order chi connectivity index (χ1) is 8.11. The first kappa shape index (κ1) is 12.5. The molecule has 1 aliphatic heterocycles. The Bertz CT molecular complexity index is 405. The Balaban J connectivity index is 2.35. The van der Waals surface area contributed by atoms with Crippen LogP contribution >= 0.6 is 0 Å². The van der Waals surface area contributed by atoms with E-state index in [2.05, 4.69) is 6.92 Å². The molecule has 0 radical (unpaired) electrons. The fraction of sp³-hybridized carbons (Fsp3) is 0.571. The molecule has 1 aliphatic rings. The molecule has 0 N–H and O–H groups in total. The Hall–Kier alpha value is -0.960. The normalized spacial score (nSPS) is 28.6. The van der Waals surface area contributed by atoms with Gasteiger partial charge in [-0.25, -0.2) is 8.78 Å². The van der Waals surface area contributed by atoms with E-state index in [1.165, 1.54) is 12.1 Å². The number of halogens is 2. The zero-order valence-electron chi connectivity index (χ0n) is 10.3. The van der Waals surface area contributed by atoms with Crippen molar-refractivity contribution in [3.05, 3.63) is 35.4 Å². The third kappa shape index (κ3) is 2.21. The van der Waals surface area contributed by atoms with Crippen LogP contribution in [0.4, 0.5) is 8.78 Å². The maximum absolute atomic E-state index is 13.8. The van der Waals surface area contributed by atoms with E-state index in [4.69, 9.17) is 4.74 Å². The van der Waals surface area contributed by atoms with Crippen molar-refractivity contribution in [1.29, 1.82) is 0 Å². The highest BCUT2D eigenvalue weighted by molar-refractivity contribution is 5.26. The molecule has 3 heteroatoms. The predicted octanol–water partition coefficient (Wildman–Crippen LogP) is 4.02. The summed E-state index contributed by atoms with van der Waals surface area (Å²) in [5.74, 6) is -0.564. The van der Waals surface area contributed by atoms with Gasteiger partial charge >= 0.3 is 0 Å². The maximum atomic E-state index is 13.8. The monoisotopic (exact) mass is 240 g/mol. The molecule has 17 heavy (non-hydrogen) atoms. The summed E-state index contributed by atoms with van der Waals surface area (Å²) in [4.78, 5) is 0. The van der Waals surface area contributed by atoms with Gasteiger partial charge in [0, 0.05) is 11.6 Å². The van der Waals surface area contributed by atoms with Crippen molar-refractivity contribution in [3.8, 4) is 0 Å². The molecule has 1 heterocycles. The van der Waals surface area contributed by atoms with Crippen molar-refractivity contribution in [3.63, 3.8) is 0 Å². The molecule has 1 nitrogen and oxygen atoms in total. The highest BCUT2D eigenvalue weighted by atomic mass is 19.1. The van der Waals surface area contributed by atoms with Crippen LogP contribution < -0.4 is 0 Å². The van der Waals surface area contributed by atoms with Crippen molar-refractivity contribution >= 4 is 0 Å². The van der Waals surface area contributed by atoms with Crippen molar-refractivity contribution in [2.75, 3.05) is 6.61 Å². The minimum Gasteiger partial charge on any atom is -0.370 e. The fourth-order valence-corrected chi connectivity index (χ4v) is 2.61. The van der Waals surface area contributed by atoms with Crippen molar-refractivity contribution in [2.24, 2.45) is 5.92 Å². The van der Waals surface area contributed by atoms with Crippen molar-refractivity contribution in [1.82, 2.24) is 0 Å². The minimum atomic E-state index is -0.557. The molecule has 2 atom stereocenters. The second-order valence-corrected chi connectivity index (χ2v) is 4.76. The molecule has 0 spiro atoms. The van der Waals surface area contributed by atoms with Crippen LogP contribution in [0.2, 0.25) is 0 Å². The van der Waals surface area contributed by atoms with Gasteiger partial charge in [0.25, 0.3) is 0 Å². The summed E-state index contributed by atoms with van der Waals surface area (Å²) in [6, 6.07) is 3.76. The molecule has 0 saturated carbocycles. The molecule has 0 bridgehead atoms. The van der Waals surface area contributed by atoms with E-state index in [-0.39, 0.29) is 0 Å². The van der Waals surface area contributed by atoms with E-state index in [1.54, 1.807) is 0 Å². The average Bonchev–Trinajstić information content (AvgIpc) is 2.74. The quantitative estimate of drug-likeness (QED) is 0.775. The summed E-state index contributed by atoms with van der Waals surface area (Å²) >= 11 is 0. The van der Waals surface area contributed by atoms with Gasteiger partial charge in [-0.2, -0.15) is 0 Å². The lowest BCUT2D eigenvalue weighted by atomic mass is 9.84. The zero-order valence-corrected chi connectivity index (χ0v) is 10.3. The summed E-state index contributed by atoms with van der Waals surface area (Å²) in [5, 5.41) is 0. The summed E-state index contributed by atoms with van der Waals surface area (Å²) in [5.41, 5.74) is -0.0595. The number of benzene rings is 1. The van der Waals surface area contributed by atoms with E-state index in [1.807, 2.05) is 6.92 Å². The molecule has 1 unspecified atom stereocenters. The summed E-state index contributed by atoms with van der Waals surface area (Å²) in [6.07, 6.45) is 2.57. The molecule has 2 rings (SSSR count). The third-order valence-corrected chi connectivity index (χ3v) is 3.78. The van der Waals surface area contributed by atoms with Crippen molar-refractivity contribution in [2.45, 2.75) is 38.7 Å². The highest BCUT2D eigenvalue weighted by Gasteiger charge is 2.41. The second-order valence-electron chi connectivity index (χ2n) is 4.76. The van der Waals surface area contributed by atoms with Gasteiger partial charge in [-0.15, -0.1) is 0 Å². The summed E-state index contributed by atoms with van der Waals surface area (Å²) in [7, 11) is 0. The largest absolute Gasteiger partial charge is 0.370 e. The van der Waals surface area contributed by atoms with Crippen LogP contribution in [0, 0.1) is 17.6 Å². The molecule has 0 aliphatic carbocycles. The zero-order chi connectivity index (χ0) is 12.5. The first-order valence-electron chi connectivity index (χ1n) is 6.20. The number of hydrogen-bond acceptors (Lipinski definition) is 1. The third-order valence-electron chi connectivity index (χ3n) is 3.78. The minimum absolute atomic E-state index is 0.472. The Kier molecular flexibility index (Phi) is 3.48. The summed E-state index contributed by atoms with van der Waals surface area (Å²) in [6.45, 7) is 4.77. The second kappa shape index (κ2) is 4.73. The number of hydrogen-bond donors (Lipinski definition) is 0. The van der Waals surface area contributed by atoms with Crippen LogP contribution in [-0.2, 0) is 10.3 Å². The van der Waals surface area contributed by atoms with Crippen LogP contribution in [-0.4, -0.2) is 6.61 Å². The van der Waals surface area contributed by atoms with Crippen LogP contribution in [0.25, 0.3) is 0 Å². The predicted molar refractivity (Wildman–Crippen MR) is 62.7 cm³/mol. The van der Waals surface area contributed by atoms with Crippen molar-refractivity contribution < 1.29 is 13.5 Å². The molecule has 94 valence electrons. The summed E-state index contributed by atoms with van der Waals surface area (Å²) < 4.78 is 32.6. The van der Waals surface area contributed by atoms with Crippen LogP contribution in [0.5, 0.6) is 0 Å². The van der Waals surface area contributed by atoms with Gasteiger partial charge in [-0.1, -0.05) is 26.3 Å². The molecule has 1 fully saturated rings. The Labute approximate surface area is 101 Å². The first-order valence-corrected chi connectivity index (χ1v) is 6.20. The van der Waals surface area contributed by atoms with Crippen LogP contribution in [0.1, 0.15) is 38.7 Å². The fourth-order valence-electron chi connectivity index (χ4n) is 2.61. The van der Waals surface area contributed by atoms with E-state index in [0.717, 1.165) is 18.9 Å². The van der Waals surface area contributed by atoms with Crippen LogP contribution in [0.15, 0.2) is 18.2 Å². The van der Waals surface area contributed by atoms with Gasteiger partial charge in [0.2, 0.25) is 0 Å². The molecular formula is C14H18F2O. The lowest BCUT2D eigenvalue weighted by Crippen LogP contribution is -2.25. The van der Waals surface area contributed by atoms with Gasteiger partial charge in [0.05, 0.1) is 12.2 Å². The van der Waals surface area contributed by atoms with E-state index in [0.29, 0.717) is 24.5 Å². The van der Waals surface area contributed by atoms with Gasteiger partial charge in [0.1, 0.15) is 11.6 Å². The molecular weight excluding hydrogens is 222 g/mol.